The first-order valence-corrected chi connectivity index (χ1v) is 10.0. The average molecular weight is 349 g/mol. The molecule has 6 heteroatoms. The second kappa shape index (κ2) is 8.65. The standard InChI is InChI=1S/C18H24NO4P/c1-4-5-14-22-16-12-10-15(11-13-16)19-24(3,20)23-18-9-7-6-8-17(18)21-2/h6-13H,4-5,14H2,1-3H3,(H,19,20). The van der Waals surface area contributed by atoms with Gasteiger partial charge in [0.2, 0.25) is 0 Å². The lowest BCUT2D eigenvalue weighted by atomic mass is 10.3. The van der Waals surface area contributed by atoms with Gasteiger partial charge in [0.15, 0.2) is 11.5 Å². The number of hydrogen-bond donors (Lipinski definition) is 1. The van der Waals surface area contributed by atoms with Gasteiger partial charge < -0.3 is 19.1 Å². The van der Waals surface area contributed by atoms with E-state index in [1.807, 2.05) is 30.3 Å². The minimum absolute atomic E-state index is 0.442. The maximum Gasteiger partial charge on any atom is 0.338 e. The quantitative estimate of drug-likeness (QED) is 0.499. The number of benzene rings is 2. The zero-order valence-electron chi connectivity index (χ0n) is 14.3. The fourth-order valence-corrected chi connectivity index (χ4v) is 3.29. The Hall–Kier alpha value is -2.13. The van der Waals surface area contributed by atoms with E-state index in [4.69, 9.17) is 14.0 Å². The molecular weight excluding hydrogens is 325 g/mol. The number of hydrogen-bond acceptors (Lipinski definition) is 4. The summed E-state index contributed by atoms with van der Waals surface area (Å²) >= 11 is 0. The molecule has 0 bridgehead atoms. The summed E-state index contributed by atoms with van der Waals surface area (Å²) in [6.07, 6.45) is 2.12. The van der Waals surface area contributed by atoms with E-state index in [9.17, 15) is 4.57 Å². The minimum Gasteiger partial charge on any atom is -0.494 e. The molecule has 0 radical (unpaired) electrons. The van der Waals surface area contributed by atoms with Gasteiger partial charge in [-0.1, -0.05) is 25.5 Å². The lowest BCUT2D eigenvalue weighted by Crippen LogP contribution is -2.03. The zero-order valence-corrected chi connectivity index (χ0v) is 15.2. The fourth-order valence-electron chi connectivity index (χ4n) is 2.10. The topological polar surface area (TPSA) is 56.8 Å². The molecule has 2 aromatic rings. The molecule has 0 heterocycles. The average Bonchev–Trinajstić information content (AvgIpc) is 2.56. The first kappa shape index (κ1) is 18.2. The van der Waals surface area contributed by atoms with E-state index in [1.165, 1.54) is 6.66 Å². The van der Waals surface area contributed by atoms with Crippen LogP contribution in [-0.2, 0) is 4.57 Å². The summed E-state index contributed by atoms with van der Waals surface area (Å²) in [5.74, 6) is 1.78. The number of rotatable bonds is 9. The molecule has 0 aliphatic rings. The smallest absolute Gasteiger partial charge is 0.338 e. The van der Waals surface area contributed by atoms with Crippen molar-refractivity contribution < 1.29 is 18.6 Å². The first-order chi connectivity index (χ1) is 11.5. The van der Waals surface area contributed by atoms with E-state index in [2.05, 4.69) is 12.0 Å². The Balaban J connectivity index is 1.99. The van der Waals surface area contributed by atoms with Gasteiger partial charge in [0.25, 0.3) is 0 Å². The van der Waals surface area contributed by atoms with Crippen LogP contribution in [0.25, 0.3) is 0 Å². The summed E-state index contributed by atoms with van der Waals surface area (Å²) in [7, 11) is -1.54. The summed E-state index contributed by atoms with van der Waals surface area (Å²) in [4.78, 5) is 0. The van der Waals surface area contributed by atoms with Crippen molar-refractivity contribution in [1.82, 2.24) is 0 Å². The highest BCUT2D eigenvalue weighted by Gasteiger charge is 2.19. The molecule has 0 amide bonds. The highest BCUT2D eigenvalue weighted by atomic mass is 31.2. The molecular formula is C18H24NO4P. The third-order valence-corrected chi connectivity index (χ3v) is 4.50. The van der Waals surface area contributed by atoms with Crippen LogP contribution in [0.2, 0.25) is 0 Å². The van der Waals surface area contributed by atoms with Gasteiger partial charge in [-0.25, -0.2) is 0 Å². The molecule has 0 saturated carbocycles. The Bertz CT molecular complexity index is 688. The van der Waals surface area contributed by atoms with Gasteiger partial charge in [-0.3, -0.25) is 4.57 Å². The predicted molar refractivity (Wildman–Crippen MR) is 97.6 cm³/mol. The maximum absolute atomic E-state index is 12.7. The third kappa shape index (κ3) is 5.50. The van der Waals surface area contributed by atoms with E-state index >= 15 is 0 Å². The van der Waals surface area contributed by atoms with E-state index in [0.29, 0.717) is 23.8 Å². The molecule has 0 aromatic heterocycles. The van der Waals surface area contributed by atoms with E-state index in [1.54, 1.807) is 25.3 Å². The predicted octanol–water partition coefficient (Wildman–Crippen LogP) is 5.19. The molecule has 24 heavy (non-hydrogen) atoms. The highest BCUT2D eigenvalue weighted by molar-refractivity contribution is 7.60. The Morgan fingerprint density at radius 1 is 1.04 bits per heavy atom. The van der Waals surface area contributed by atoms with Crippen molar-refractivity contribution in [2.75, 3.05) is 25.5 Å². The van der Waals surface area contributed by atoms with Gasteiger partial charge in [-0.2, -0.15) is 0 Å². The summed E-state index contributed by atoms with van der Waals surface area (Å²) in [6, 6.07) is 14.5. The lowest BCUT2D eigenvalue weighted by Gasteiger charge is -2.19. The van der Waals surface area contributed by atoms with Crippen LogP contribution in [0.4, 0.5) is 5.69 Å². The summed E-state index contributed by atoms with van der Waals surface area (Å²) in [5, 5.41) is 2.93. The number of nitrogens with one attached hydrogen (secondary N) is 1. The lowest BCUT2D eigenvalue weighted by molar-refractivity contribution is 0.309. The molecule has 130 valence electrons. The number of anilines is 1. The molecule has 0 fully saturated rings. The van der Waals surface area contributed by atoms with Gasteiger partial charge in [0.1, 0.15) is 5.75 Å². The van der Waals surface area contributed by atoms with Crippen LogP contribution in [-0.4, -0.2) is 20.4 Å². The SMILES string of the molecule is CCCCOc1ccc(NP(C)(=O)Oc2ccccc2OC)cc1. The Morgan fingerprint density at radius 3 is 2.33 bits per heavy atom. The number of methoxy groups -OCH3 is 1. The molecule has 0 aliphatic heterocycles. The number of unbranched alkanes of at least 4 members (excludes halogenated alkanes) is 1. The van der Waals surface area contributed by atoms with Crippen LogP contribution >= 0.6 is 7.52 Å². The van der Waals surface area contributed by atoms with Gasteiger partial charge in [0.05, 0.1) is 13.7 Å². The molecule has 1 atom stereocenters. The van der Waals surface area contributed by atoms with Gasteiger partial charge in [-0.15, -0.1) is 0 Å². The molecule has 1 N–H and O–H groups in total. The highest BCUT2D eigenvalue weighted by Crippen LogP contribution is 2.46. The summed E-state index contributed by atoms with van der Waals surface area (Å²) < 4.78 is 29.1. The zero-order chi connectivity index (χ0) is 17.4. The van der Waals surface area contributed by atoms with Crippen molar-refractivity contribution in [1.29, 1.82) is 0 Å². The van der Waals surface area contributed by atoms with Crippen LogP contribution in [0.1, 0.15) is 19.8 Å². The van der Waals surface area contributed by atoms with Gasteiger partial charge in [-0.05, 0) is 42.8 Å². The third-order valence-electron chi connectivity index (χ3n) is 3.29. The van der Waals surface area contributed by atoms with Gasteiger partial charge in [0, 0.05) is 12.4 Å². The van der Waals surface area contributed by atoms with Crippen molar-refractivity contribution in [2.24, 2.45) is 0 Å². The monoisotopic (exact) mass is 349 g/mol. The van der Waals surface area contributed by atoms with E-state index in [-0.39, 0.29) is 0 Å². The largest absolute Gasteiger partial charge is 0.494 e. The van der Waals surface area contributed by atoms with Crippen LogP contribution < -0.4 is 19.1 Å². The molecule has 5 nitrogen and oxygen atoms in total. The molecule has 0 spiro atoms. The van der Waals surface area contributed by atoms with Crippen LogP contribution in [0.3, 0.4) is 0 Å². The maximum atomic E-state index is 12.7. The van der Waals surface area contributed by atoms with E-state index < -0.39 is 7.52 Å². The van der Waals surface area contributed by atoms with Crippen molar-refractivity contribution in [3.05, 3.63) is 48.5 Å². The summed E-state index contributed by atoms with van der Waals surface area (Å²) in [5.41, 5.74) is 0.707. The second-order valence-corrected chi connectivity index (χ2v) is 7.52. The van der Waals surface area contributed by atoms with E-state index in [0.717, 1.165) is 18.6 Å². The normalized spacial score (nSPS) is 13.0. The second-order valence-electron chi connectivity index (χ2n) is 5.43. The Morgan fingerprint density at radius 2 is 1.71 bits per heavy atom. The molecule has 0 saturated heterocycles. The number of ether oxygens (including phenoxy) is 2. The number of para-hydroxylation sites is 2. The van der Waals surface area contributed by atoms with Crippen LogP contribution in [0.5, 0.6) is 17.2 Å². The van der Waals surface area contributed by atoms with Crippen molar-refractivity contribution in [3.63, 3.8) is 0 Å². The van der Waals surface area contributed by atoms with Crippen LogP contribution in [0, 0.1) is 0 Å². The molecule has 0 aliphatic carbocycles. The fraction of sp³-hybridized carbons (Fsp3) is 0.333. The minimum atomic E-state index is -3.09. The summed E-state index contributed by atoms with van der Waals surface area (Å²) in [6.45, 7) is 4.36. The molecule has 2 rings (SSSR count). The van der Waals surface area contributed by atoms with Crippen molar-refractivity contribution >= 4 is 13.2 Å². The Kier molecular flexibility index (Phi) is 6.56. The molecule has 2 aromatic carbocycles. The van der Waals surface area contributed by atoms with Crippen LogP contribution in [0.15, 0.2) is 48.5 Å². The molecule has 1 unspecified atom stereocenters. The first-order valence-electron chi connectivity index (χ1n) is 7.95. The van der Waals surface area contributed by atoms with Crippen molar-refractivity contribution in [2.45, 2.75) is 19.8 Å². The van der Waals surface area contributed by atoms with Crippen molar-refractivity contribution in [3.8, 4) is 17.2 Å². The Labute approximate surface area is 143 Å². The van der Waals surface area contributed by atoms with Gasteiger partial charge >= 0.3 is 7.52 Å².